The molecule has 0 unspecified atom stereocenters. The average Bonchev–Trinajstić information content (AvgIpc) is 2.15. The molecule has 1 aromatic rings. The van der Waals surface area contributed by atoms with Crippen LogP contribution >= 0.6 is 0 Å². The van der Waals surface area contributed by atoms with E-state index in [-0.39, 0.29) is 0 Å². The monoisotopic (exact) mass is 163 g/mol. The van der Waals surface area contributed by atoms with Crippen LogP contribution in [0.15, 0.2) is 24.3 Å². The molecular formula is C8H9N3O. The molecule has 0 aliphatic rings. The Kier molecular flexibility index (Phi) is 3.23. The molecule has 4 heteroatoms. The van der Waals surface area contributed by atoms with Gasteiger partial charge < -0.3 is 0 Å². The highest BCUT2D eigenvalue weighted by Crippen LogP contribution is 2.03. The lowest BCUT2D eigenvalue weighted by atomic mass is 10.2. The lowest BCUT2D eigenvalue weighted by molar-refractivity contribution is 0.0279. The van der Waals surface area contributed by atoms with E-state index in [1.54, 1.807) is 12.1 Å². The first kappa shape index (κ1) is 8.68. The van der Waals surface area contributed by atoms with Crippen molar-refractivity contribution in [2.45, 2.75) is 6.61 Å². The standard InChI is InChI=1S/C8H9N3O/c9-5-7-1-3-8(4-2-7)6-12-11-10/h1-4,11H,6,10H2. The van der Waals surface area contributed by atoms with Gasteiger partial charge >= 0.3 is 0 Å². The van der Waals surface area contributed by atoms with Gasteiger partial charge in [-0.3, -0.25) is 4.84 Å². The molecule has 0 aliphatic carbocycles. The normalized spacial score (nSPS) is 9.33. The second-order valence-corrected chi connectivity index (χ2v) is 2.22. The number of hydrogen-bond donors (Lipinski definition) is 2. The third-order valence-electron chi connectivity index (χ3n) is 1.41. The van der Waals surface area contributed by atoms with Crippen LogP contribution in [0.1, 0.15) is 11.1 Å². The van der Waals surface area contributed by atoms with Gasteiger partial charge in [0, 0.05) is 0 Å². The zero-order valence-corrected chi connectivity index (χ0v) is 6.45. The fourth-order valence-electron chi connectivity index (χ4n) is 0.801. The molecule has 0 aliphatic heterocycles. The van der Waals surface area contributed by atoms with E-state index >= 15 is 0 Å². The van der Waals surface area contributed by atoms with Crippen molar-refractivity contribution in [2.24, 2.45) is 5.84 Å². The first-order chi connectivity index (χ1) is 5.86. The number of hydrogen-bond acceptors (Lipinski definition) is 4. The predicted molar refractivity (Wildman–Crippen MR) is 43.3 cm³/mol. The van der Waals surface area contributed by atoms with E-state index in [2.05, 4.69) is 5.59 Å². The summed E-state index contributed by atoms with van der Waals surface area (Å²) in [6, 6.07) is 9.12. The maximum Gasteiger partial charge on any atom is 0.0991 e. The van der Waals surface area contributed by atoms with E-state index in [0.29, 0.717) is 12.2 Å². The molecule has 0 saturated heterocycles. The van der Waals surface area contributed by atoms with E-state index in [0.717, 1.165) is 5.56 Å². The smallest absolute Gasteiger partial charge is 0.0991 e. The van der Waals surface area contributed by atoms with Gasteiger partial charge in [0.15, 0.2) is 0 Å². The second kappa shape index (κ2) is 4.46. The number of nitrogens with zero attached hydrogens (tertiary/aromatic N) is 1. The number of hydrazine groups is 1. The Bertz CT molecular complexity index is 275. The van der Waals surface area contributed by atoms with E-state index in [1.165, 1.54) is 0 Å². The van der Waals surface area contributed by atoms with Gasteiger partial charge in [0.2, 0.25) is 0 Å². The molecule has 62 valence electrons. The van der Waals surface area contributed by atoms with E-state index in [1.807, 2.05) is 18.2 Å². The number of benzene rings is 1. The molecule has 0 saturated carbocycles. The van der Waals surface area contributed by atoms with Crippen molar-refractivity contribution in [1.82, 2.24) is 5.59 Å². The minimum absolute atomic E-state index is 0.391. The number of nitriles is 1. The minimum atomic E-state index is 0.391. The van der Waals surface area contributed by atoms with Gasteiger partial charge in [-0.25, -0.2) is 5.84 Å². The lowest BCUT2D eigenvalue weighted by Crippen LogP contribution is -2.21. The Morgan fingerprint density at radius 1 is 1.42 bits per heavy atom. The summed E-state index contributed by atoms with van der Waals surface area (Å²) >= 11 is 0. The molecule has 0 bridgehead atoms. The van der Waals surface area contributed by atoms with Crippen LogP contribution in [0.25, 0.3) is 0 Å². The Morgan fingerprint density at radius 3 is 2.58 bits per heavy atom. The SMILES string of the molecule is N#Cc1ccc(CONN)cc1. The first-order valence-electron chi connectivity index (χ1n) is 3.43. The van der Waals surface area contributed by atoms with Gasteiger partial charge in [-0.05, 0) is 17.7 Å². The van der Waals surface area contributed by atoms with Crippen LogP contribution in [-0.2, 0) is 11.4 Å². The summed E-state index contributed by atoms with van der Waals surface area (Å²) < 4.78 is 0. The van der Waals surface area contributed by atoms with Crippen molar-refractivity contribution in [3.05, 3.63) is 35.4 Å². The summed E-state index contributed by atoms with van der Waals surface area (Å²) in [4.78, 5) is 4.74. The Labute approximate surface area is 70.5 Å². The summed E-state index contributed by atoms with van der Waals surface area (Å²) in [5.41, 5.74) is 3.68. The second-order valence-electron chi connectivity index (χ2n) is 2.22. The van der Waals surface area contributed by atoms with Gasteiger partial charge in [-0.1, -0.05) is 12.1 Å². The summed E-state index contributed by atoms with van der Waals surface area (Å²) in [5.74, 6) is 4.91. The van der Waals surface area contributed by atoms with Crippen LogP contribution in [0, 0.1) is 11.3 Å². The summed E-state index contributed by atoms with van der Waals surface area (Å²) in [6.07, 6.45) is 0. The molecule has 1 aromatic carbocycles. The summed E-state index contributed by atoms with van der Waals surface area (Å²) in [6.45, 7) is 0.391. The third-order valence-corrected chi connectivity index (χ3v) is 1.41. The fraction of sp³-hybridized carbons (Fsp3) is 0.125. The molecule has 0 amide bonds. The predicted octanol–water partition coefficient (Wildman–Crippen LogP) is 0.453. The molecular weight excluding hydrogens is 154 g/mol. The van der Waals surface area contributed by atoms with Crippen LogP contribution in [0.2, 0.25) is 0 Å². The number of nitrogens with one attached hydrogen (secondary N) is 1. The summed E-state index contributed by atoms with van der Waals surface area (Å²) in [7, 11) is 0. The van der Waals surface area contributed by atoms with Gasteiger partial charge in [-0.15, -0.1) is 5.59 Å². The molecule has 4 nitrogen and oxygen atoms in total. The highest BCUT2D eigenvalue weighted by atomic mass is 16.7. The van der Waals surface area contributed by atoms with Crippen LogP contribution in [0.4, 0.5) is 0 Å². The van der Waals surface area contributed by atoms with Crippen molar-refractivity contribution in [2.75, 3.05) is 0 Å². The van der Waals surface area contributed by atoms with Crippen LogP contribution in [0.5, 0.6) is 0 Å². The molecule has 0 fully saturated rings. The van der Waals surface area contributed by atoms with Gasteiger partial charge in [0.05, 0.1) is 18.2 Å². The Balaban J connectivity index is 2.60. The lowest BCUT2D eigenvalue weighted by Gasteiger charge is -2.00. The maximum atomic E-state index is 8.49. The zero-order chi connectivity index (χ0) is 8.81. The molecule has 1 rings (SSSR count). The molecule has 0 heterocycles. The highest BCUT2D eigenvalue weighted by molar-refractivity contribution is 5.31. The zero-order valence-electron chi connectivity index (χ0n) is 6.45. The number of nitrogens with two attached hydrogens (primary N) is 1. The first-order valence-corrected chi connectivity index (χ1v) is 3.43. The van der Waals surface area contributed by atoms with Crippen molar-refractivity contribution in [1.29, 1.82) is 5.26 Å². The van der Waals surface area contributed by atoms with E-state index < -0.39 is 0 Å². The Hall–Kier alpha value is -1.41. The van der Waals surface area contributed by atoms with Gasteiger partial charge in [0.1, 0.15) is 0 Å². The topological polar surface area (TPSA) is 71.1 Å². The quantitative estimate of drug-likeness (QED) is 0.501. The molecule has 3 N–H and O–H groups in total. The van der Waals surface area contributed by atoms with Crippen molar-refractivity contribution < 1.29 is 4.84 Å². The van der Waals surface area contributed by atoms with Crippen LogP contribution in [-0.4, -0.2) is 0 Å². The largest absolute Gasteiger partial charge is 0.282 e. The van der Waals surface area contributed by atoms with E-state index in [9.17, 15) is 0 Å². The Morgan fingerprint density at radius 2 is 2.08 bits per heavy atom. The van der Waals surface area contributed by atoms with Gasteiger partial charge in [-0.2, -0.15) is 5.26 Å². The molecule has 0 spiro atoms. The van der Waals surface area contributed by atoms with Crippen molar-refractivity contribution in [3.8, 4) is 6.07 Å². The van der Waals surface area contributed by atoms with Crippen LogP contribution < -0.4 is 11.4 Å². The minimum Gasteiger partial charge on any atom is -0.282 e. The third kappa shape index (κ3) is 2.32. The average molecular weight is 163 g/mol. The van der Waals surface area contributed by atoms with Crippen molar-refractivity contribution >= 4 is 0 Å². The van der Waals surface area contributed by atoms with E-state index in [4.69, 9.17) is 15.9 Å². The summed E-state index contributed by atoms with van der Waals surface area (Å²) in [5, 5.41) is 8.49. The van der Waals surface area contributed by atoms with Crippen LogP contribution in [0.3, 0.4) is 0 Å². The fourth-order valence-corrected chi connectivity index (χ4v) is 0.801. The van der Waals surface area contributed by atoms with Gasteiger partial charge in [0.25, 0.3) is 0 Å². The number of rotatable bonds is 3. The maximum absolute atomic E-state index is 8.49. The highest BCUT2D eigenvalue weighted by Gasteiger charge is 1.92. The molecule has 0 aromatic heterocycles. The van der Waals surface area contributed by atoms with Crippen molar-refractivity contribution in [3.63, 3.8) is 0 Å². The molecule has 12 heavy (non-hydrogen) atoms. The molecule has 0 atom stereocenters. The molecule has 0 radical (unpaired) electrons.